The standard InChI is InChI=1S/C23H33N5O3/c1-3-11-20-21(14-13-19(18(2)29)23(20)30)31-17-10-5-4-7-12-22-25-26-27-28(22)16-9-6-8-15-24/h13-14,30H,3-12,16-17H2,1-2H3. The number of rotatable bonds is 15. The van der Waals surface area contributed by atoms with Gasteiger partial charge in [0, 0.05) is 24.9 Å². The number of carbonyl (C=O) groups excluding carboxylic acids is 1. The smallest absolute Gasteiger partial charge is 0.163 e. The number of benzene rings is 1. The van der Waals surface area contributed by atoms with E-state index in [0.29, 0.717) is 30.8 Å². The van der Waals surface area contributed by atoms with Crippen LogP contribution >= 0.6 is 0 Å². The summed E-state index contributed by atoms with van der Waals surface area (Å²) in [6, 6.07) is 5.58. The van der Waals surface area contributed by atoms with Crippen LogP contribution in [0.5, 0.6) is 11.5 Å². The van der Waals surface area contributed by atoms with E-state index in [4.69, 9.17) is 10.00 Å². The number of hydrogen-bond donors (Lipinski definition) is 1. The summed E-state index contributed by atoms with van der Waals surface area (Å²) < 4.78 is 7.75. The minimum absolute atomic E-state index is 0.0530. The molecule has 0 aliphatic rings. The number of phenols is 1. The summed E-state index contributed by atoms with van der Waals surface area (Å²) >= 11 is 0. The van der Waals surface area contributed by atoms with E-state index in [1.54, 1.807) is 12.1 Å². The Bertz CT molecular complexity index is 873. The number of unbranched alkanes of at least 4 members (excludes halogenated alkanes) is 5. The van der Waals surface area contributed by atoms with Gasteiger partial charge in [-0.2, -0.15) is 5.26 Å². The number of aromatic hydroxyl groups is 1. The topological polar surface area (TPSA) is 114 Å². The average molecular weight is 428 g/mol. The molecule has 1 N–H and O–H groups in total. The van der Waals surface area contributed by atoms with Gasteiger partial charge in [0.05, 0.1) is 18.2 Å². The molecule has 0 aliphatic carbocycles. The zero-order chi connectivity index (χ0) is 22.5. The Balaban J connectivity index is 1.70. The molecule has 0 saturated heterocycles. The van der Waals surface area contributed by atoms with Crippen molar-refractivity contribution in [3.63, 3.8) is 0 Å². The van der Waals surface area contributed by atoms with E-state index in [1.165, 1.54) is 6.92 Å². The third-order valence-corrected chi connectivity index (χ3v) is 5.19. The van der Waals surface area contributed by atoms with Crippen molar-refractivity contribution >= 4 is 5.78 Å². The molecule has 31 heavy (non-hydrogen) atoms. The van der Waals surface area contributed by atoms with Crippen LogP contribution in [0.15, 0.2) is 12.1 Å². The van der Waals surface area contributed by atoms with Crippen LogP contribution in [0.2, 0.25) is 0 Å². The number of carbonyl (C=O) groups is 1. The fraction of sp³-hybridized carbons (Fsp3) is 0.609. The molecule has 1 aromatic heterocycles. The number of tetrazole rings is 1. The summed E-state index contributed by atoms with van der Waals surface area (Å²) in [4.78, 5) is 11.7. The number of hydrogen-bond acceptors (Lipinski definition) is 7. The van der Waals surface area contributed by atoms with Crippen molar-refractivity contribution in [3.8, 4) is 17.6 Å². The Hall–Kier alpha value is -2.95. The van der Waals surface area contributed by atoms with Crippen LogP contribution in [-0.4, -0.2) is 37.7 Å². The van der Waals surface area contributed by atoms with Gasteiger partial charge in [0.15, 0.2) is 11.6 Å². The number of ether oxygens (including phenoxy) is 1. The number of aromatic nitrogens is 4. The maximum atomic E-state index is 11.7. The molecule has 2 rings (SSSR count). The van der Waals surface area contributed by atoms with Crippen LogP contribution in [-0.2, 0) is 19.4 Å². The van der Waals surface area contributed by atoms with E-state index in [0.717, 1.165) is 69.3 Å². The summed E-state index contributed by atoms with van der Waals surface area (Å²) in [5.41, 5.74) is 1.07. The molecule has 0 amide bonds. The largest absolute Gasteiger partial charge is 0.507 e. The summed E-state index contributed by atoms with van der Waals surface area (Å²) in [5.74, 6) is 1.48. The molecule has 1 aromatic carbocycles. The lowest BCUT2D eigenvalue weighted by Crippen LogP contribution is -2.06. The highest BCUT2D eigenvalue weighted by molar-refractivity contribution is 5.97. The zero-order valence-corrected chi connectivity index (χ0v) is 18.6. The highest BCUT2D eigenvalue weighted by Crippen LogP contribution is 2.33. The monoisotopic (exact) mass is 427 g/mol. The third-order valence-electron chi connectivity index (χ3n) is 5.19. The molecular weight excluding hydrogens is 394 g/mol. The van der Waals surface area contributed by atoms with Crippen LogP contribution in [0.4, 0.5) is 0 Å². The molecule has 168 valence electrons. The first kappa shape index (κ1) is 24.3. The van der Waals surface area contributed by atoms with Gasteiger partial charge >= 0.3 is 0 Å². The van der Waals surface area contributed by atoms with Crippen LogP contribution in [0.25, 0.3) is 0 Å². The van der Waals surface area contributed by atoms with Crippen LogP contribution in [0.1, 0.15) is 87.0 Å². The summed E-state index contributed by atoms with van der Waals surface area (Å²) in [6.45, 7) is 4.82. The maximum Gasteiger partial charge on any atom is 0.163 e. The average Bonchev–Trinajstić information content (AvgIpc) is 3.19. The fourth-order valence-electron chi connectivity index (χ4n) is 3.49. The Morgan fingerprint density at radius 3 is 2.71 bits per heavy atom. The first-order chi connectivity index (χ1) is 15.1. The first-order valence-electron chi connectivity index (χ1n) is 11.2. The molecule has 0 atom stereocenters. The zero-order valence-electron chi connectivity index (χ0n) is 18.6. The van der Waals surface area contributed by atoms with Crippen LogP contribution in [0.3, 0.4) is 0 Å². The molecule has 0 radical (unpaired) electrons. The van der Waals surface area contributed by atoms with Gasteiger partial charge in [0.1, 0.15) is 11.5 Å². The number of Topliss-reactive ketones (excluding diaryl/α,β-unsaturated/α-hetero) is 1. The maximum absolute atomic E-state index is 11.7. The Morgan fingerprint density at radius 1 is 1.16 bits per heavy atom. The van der Waals surface area contributed by atoms with E-state index in [-0.39, 0.29) is 11.5 Å². The molecule has 0 aliphatic heterocycles. The van der Waals surface area contributed by atoms with Crippen molar-refractivity contribution in [3.05, 3.63) is 29.1 Å². The van der Waals surface area contributed by atoms with Gasteiger partial charge < -0.3 is 9.84 Å². The van der Waals surface area contributed by atoms with Gasteiger partial charge in [-0.3, -0.25) is 4.79 Å². The second-order valence-corrected chi connectivity index (χ2v) is 7.69. The molecule has 0 unspecified atom stereocenters. The minimum atomic E-state index is -0.144. The Labute approximate surface area is 184 Å². The number of ketones is 1. The highest BCUT2D eigenvalue weighted by atomic mass is 16.5. The molecule has 0 spiro atoms. The molecule has 2 aromatic rings. The van der Waals surface area contributed by atoms with Gasteiger partial charge in [0.25, 0.3) is 0 Å². The molecule has 0 fully saturated rings. The summed E-state index contributed by atoms with van der Waals surface area (Å²) in [7, 11) is 0. The predicted octanol–water partition coefficient (Wildman–Crippen LogP) is 4.41. The van der Waals surface area contributed by atoms with Crippen molar-refractivity contribution in [1.82, 2.24) is 20.2 Å². The van der Waals surface area contributed by atoms with Crippen molar-refractivity contribution in [1.29, 1.82) is 5.26 Å². The number of phenolic OH excluding ortho intramolecular Hbond substituents is 1. The van der Waals surface area contributed by atoms with E-state index in [2.05, 4.69) is 21.6 Å². The molecule has 1 heterocycles. The van der Waals surface area contributed by atoms with Gasteiger partial charge in [-0.1, -0.05) is 26.2 Å². The molecule has 0 bridgehead atoms. The van der Waals surface area contributed by atoms with Crippen molar-refractivity contribution < 1.29 is 14.6 Å². The van der Waals surface area contributed by atoms with Gasteiger partial charge in [0.2, 0.25) is 0 Å². The lowest BCUT2D eigenvalue weighted by molar-refractivity contribution is 0.101. The third kappa shape index (κ3) is 7.67. The predicted molar refractivity (Wildman–Crippen MR) is 117 cm³/mol. The minimum Gasteiger partial charge on any atom is -0.507 e. The quantitative estimate of drug-likeness (QED) is 0.331. The fourth-order valence-corrected chi connectivity index (χ4v) is 3.49. The van der Waals surface area contributed by atoms with E-state index >= 15 is 0 Å². The van der Waals surface area contributed by atoms with Crippen LogP contribution in [0, 0.1) is 11.3 Å². The molecule has 8 nitrogen and oxygen atoms in total. The van der Waals surface area contributed by atoms with Crippen molar-refractivity contribution in [2.24, 2.45) is 0 Å². The SMILES string of the molecule is CCCc1c(OCCCCCCc2nnnn2CCCCC#N)ccc(C(C)=O)c1O. The van der Waals surface area contributed by atoms with Gasteiger partial charge in [-0.05, 0) is 61.6 Å². The molecule has 0 saturated carbocycles. The second kappa shape index (κ2) is 13.4. The van der Waals surface area contributed by atoms with Crippen LogP contribution < -0.4 is 4.74 Å². The van der Waals surface area contributed by atoms with Gasteiger partial charge in [-0.15, -0.1) is 5.10 Å². The molecular formula is C23H33N5O3. The summed E-state index contributed by atoms with van der Waals surface area (Å²) in [5, 5.41) is 30.9. The van der Waals surface area contributed by atoms with E-state index in [9.17, 15) is 9.90 Å². The van der Waals surface area contributed by atoms with Crippen molar-refractivity contribution in [2.45, 2.75) is 84.6 Å². The molecule has 8 heteroatoms. The van der Waals surface area contributed by atoms with Crippen molar-refractivity contribution in [2.75, 3.05) is 6.61 Å². The number of aryl methyl sites for hydroxylation is 2. The Kier molecular flexibility index (Phi) is 10.5. The first-order valence-corrected chi connectivity index (χ1v) is 11.2. The van der Waals surface area contributed by atoms with E-state index < -0.39 is 0 Å². The lowest BCUT2D eigenvalue weighted by Gasteiger charge is -2.14. The number of nitriles is 1. The lowest BCUT2D eigenvalue weighted by atomic mass is 10.0. The normalized spacial score (nSPS) is 10.7. The Morgan fingerprint density at radius 2 is 1.97 bits per heavy atom. The van der Waals surface area contributed by atoms with Gasteiger partial charge in [-0.25, -0.2) is 4.68 Å². The second-order valence-electron chi connectivity index (χ2n) is 7.69. The number of nitrogens with zero attached hydrogens (tertiary/aromatic N) is 5. The summed E-state index contributed by atoms with van der Waals surface area (Å²) in [6.07, 6.45) is 8.74. The van der Waals surface area contributed by atoms with E-state index in [1.807, 2.05) is 11.6 Å². The highest BCUT2D eigenvalue weighted by Gasteiger charge is 2.15.